The predicted octanol–water partition coefficient (Wildman–Crippen LogP) is 1.81. The second kappa shape index (κ2) is 9.59. The van der Waals surface area contributed by atoms with Gasteiger partial charge in [-0.2, -0.15) is 8.42 Å². The first kappa shape index (κ1) is 25.4. The molecule has 1 aromatic rings. The quantitative estimate of drug-likeness (QED) is 0.315. The molecule has 0 saturated carbocycles. The van der Waals surface area contributed by atoms with Crippen molar-refractivity contribution >= 4 is 16.4 Å². The molecule has 11 heteroatoms. The number of nitrogens with zero attached hydrogens (tertiary/aromatic N) is 1. The minimum atomic E-state index is -4.67. The second-order valence-electron chi connectivity index (χ2n) is 8.88. The van der Waals surface area contributed by atoms with Gasteiger partial charge in [-0.25, -0.2) is 0 Å². The highest BCUT2D eigenvalue weighted by atomic mass is 32.3. The zero-order valence-electron chi connectivity index (χ0n) is 18.6. The van der Waals surface area contributed by atoms with E-state index >= 15 is 0 Å². The van der Waals surface area contributed by atoms with Gasteiger partial charge in [0.05, 0.1) is 0 Å². The number of carbonyl (C=O) groups is 1. The number of aliphatic hydroxyl groups is 1. The zero-order chi connectivity index (χ0) is 24.6. The maximum atomic E-state index is 10.4. The molecule has 1 aromatic carbocycles. The van der Waals surface area contributed by atoms with Gasteiger partial charge in [0.1, 0.15) is 12.2 Å². The molecule has 1 saturated heterocycles. The summed E-state index contributed by atoms with van der Waals surface area (Å²) in [5.74, 6) is 0.496. The number of aliphatic hydroxyl groups excluding tert-OH is 1. The third-order valence-electron chi connectivity index (χ3n) is 6.89. The van der Waals surface area contributed by atoms with E-state index in [1.807, 2.05) is 19.1 Å². The smallest absolute Gasteiger partial charge is 0.394 e. The number of aliphatic carboxylic acids is 1. The van der Waals surface area contributed by atoms with Gasteiger partial charge in [0.15, 0.2) is 11.5 Å². The number of likely N-dealkylation sites (N-methyl/N-ethyl adjacent to an activating group) is 1. The summed E-state index contributed by atoms with van der Waals surface area (Å²) < 4.78 is 37.7. The summed E-state index contributed by atoms with van der Waals surface area (Å²) in [7, 11) is -2.48. The number of aromatic hydroxyl groups is 1. The molecule has 2 bridgehead atoms. The maximum Gasteiger partial charge on any atom is 0.394 e. The van der Waals surface area contributed by atoms with E-state index in [1.165, 1.54) is 11.1 Å². The van der Waals surface area contributed by atoms with Crippen LogP contribution in [0.4, 0.5) is 0 Å². The minimum Gasteiger partial charge on any atom is -0.504 e. The number of phenols is 1. The summed E-state index contributed by atoms with van der Waals surface area (Å²) in [6, 6.07) is 4.23. The number of carboxylic acids is 1. The summed E-state index contributed by atoms with van der Waals surface area (Å²) in [4.78, 5) is 12.2. The second-order valence-corrected chi connectivity index (χ2v) is 9.77. The van der Waals surface area contributed by atoms with Crippen LogP contribution in [-0.2, 0) is 27.0 Å². The molecule has 33 heavy (non-hydrogen) atoms. The predicted molar refractivity (Wildman–Crippen MR) is 119 cm³/mol. The van der Waals surface area contributed by atoms with E-state index in [9.17, 15) is 15.0 Å². The monoisotopic (exact) mass is 485 g/mol. The van der Waals surface area contributed by atoms with Crippen molar-refractivity contribution in [2.45, 2.75) is 62.7 Å². The first-order valence-corrected chi connectivity index (χ1v) is 12.3. The average molecular weight is 486 g/mol. The fourth-order valence-electron chi connectivity index (χ4n) is 5.57. The number of phenolic OH excluding ortho intramolecular Hbond substituents is 1. The Hall–Kier alpha value is -2.18. The number of hydrogen-bond acceptors (Lipinski definition) is 7. The van der Waals surface area contributed by atoms with Crippen LogP contribution in [0.15, 0.2) is 24.3 Å². The highest BCUT2D eigenvalue weighted by Crippen LogP contribution is 2.62. The molecule has 184 valence electrons. The van der Waals surface area contributed by atoms with Gasteiger partial charge >= 0.3 is 16.4 Å². The van der Waals surface area contributed by atoms with Crippen LogP contribution in [0.3, 0.4) is 0 Å². The number of piperidine rings is 1. The lowest BCUT2D eigenvalue weighted by Gasteiger charge is -2.56. The molecule has 2 aliphatic heterocycles. The molecule has 4 aliphatic rings. The van der Waals surface area contributed by atoms with E-state index < -0.39 is 22.5 Å². The number of ether oxygens (including phenoxy) is 1. The molecule has 0 radical (unpaired) electrons. The lowest BCUT2D eigenvalue weighted by atomic mass is 9.53. The Morgan fingerprint density at radius 1 is 1.27 bits per heavy atom. The van der Waals surface area contributed by atoms with Crippen LogP contribution < -0.4 is 4.74 Å². The van der Waals surface area contributed by atoms with Gasteiger partial charge in [0.25, 0.3) is 0 Å². The lowest BCUT2D eigenvalue weighted by Crippen LogP contribution is -2.64. The Balaban J connectivity index is 0.000000215. The molecule has 2 heterocycles. The summed E-state index contributed by atoms with van der Waals surface area (Å²) >= 11 is 0. The Morgan fingerprint density at radius 3 is 2.52 bits per heavy atom. The molecule has 0 amide bonds. The molecule has 1 fully saturated rings. The van der Waals surface area contributed by atoms with Crippen LogP contribution in [0.5, 0.6) is 11.5 Å². The highest BCUT2D eigenvalue weighted by molar-refractivity contribution is 7.79. The highest BCUT2D eigenvalue weighted by Gasteiger charge is 2.64. The maximum absolute atomic E-state index is 10.4. The Bertz CT molecular complexity index is 1020. The van der Waals surface area contributed by atoms with E-state index in [1.54, 1.807) is 6.07 Å². The molecule has 2 aliphatic carbocycles. The van der Waals surface area contributed by atoms with Crippen molar-refractivity contribution < 1.29 is 42.4 Å². The van der Waals surface area contributed by atoms with Gasteiger partial charge in [-0.1, -0.05) is 31.6 Å². The molecule has 1 spiro atoms. The van der Waals surface area contributed by atoms with E-state index in [4.69, 9.17) is 27.4 Å². The SMILES string of the molecule is CCCCC(=O)O.CN1CC[C@]23c4c5ccc(O)c4O[C@H]2[C@@H](O)C=C[C@H]3[C@H]1C5.O=S(=O)(O)O. The first-order chi connectivity index (χ1) is 15.4. The van der Waals surface area contributed by atoms with E-state index in [2.05, 4.69) is 18.0 Å². The zero-order valence-corrected chi connectivity index (χ0v) is 19.4. The molecular formula is C22H31NO9S. The van der Waals surface area contributed by atoms with E-state index in [0.717, 1.165) is 32.2 Å². The van der Waals surface area contributed by atoms with Gasteiger partial charge in [0, 0.05) is 29.4 Å². The van der Waals surface area contributed by atoms with Crippen molar-refractivity contribution in [2.75, 3.05) is 13.6 Å². The number of rotatable bonds is 3. The van der Waals surface area contributed by atoms with Crippen LogP contribution in [-0.4, -0.2) is 75.6 Å². The minimum absolute atomic E-state index is 0.160. The molecule has 5 rings (SSSR count). The Morgan fingerprint density at radius 2 is 1.94 bits per heavy atom. The third kappa shape index (κ3) is 5.02. The van der Waals surface area contributed by atoms with Gasteiger partial charge in [-0.05, 0) is 44.5 Å². The Labute approximate surface area is 193 Å². The van der Waals surface area contributed by atoms with Crippen LogP contribution in [0.25, 0.3) is 0 Å². The molecule has 5 N–H and O–H groups in total. The molecular weight excluding hydrogens is 454 g/mol. The number of benzene rings is 1. The number of carboxylic acid groups (broad SMARTS) is 1. The molecule has 0 aromatic heterocycles. The number of unbranched alkanes of at least 4 members (excludes halogenated alkanes) is 1. The summed E-state index contributed by atoms with van der Waals surface area (Å²) in [6.45, 7) is 2.99. The molecule has 5 atom stereocenters. The van der Waals surface area contributed by atoms with Gasteiger partial charge in [-0.3, -0.25) is 13.9 Å². The normalized spacial score (nSPS) is 30.7. The third-order valence-corrected chi connectivity index (χ3v) is 6.89. The molecule has 10 nitrogen and oxygen atoms in total. The van der Waals surface area contributed by atoms with Crippen molar-refractivity contribution in [3.8, 4) is 11.5 Å². The van der Waals surface area contributed by atoms with Crippen LogP contribution >= 0.6 is 0 Å². The summed E-state index contributed by atoms with van der Waals surface area (Å²) in [6.07, 6.45) is 7.26. The number of likely N-dealkylation sites (tertiary alicyclic amines) is 1. The van der Waals surface area contributed by atoms with E-state index in [0.29, 0.717) is 24.1 Å². The van der Waals surface area contributed by atoms with Crippen molar-refractivity contribution in [3.05, 3.63) is 35.4 Å². The Kier molecular flexibility index (Phi) is 7.39. The van der Waals surface area contributed by atoms with Crippen molar-refractivity contribution in [2.24, 2.45) is 5.92 Å². The summed E-state index contributed by atoms with van der Waals surface area (Å²) in [5.41, 5.74) is 2.29. The van der Waals surface area contributed by atoms with E-state index in [-0.39, 0.29) is 17.3 Å². The van der Waals surface area contributed by atoms with Crippen molar-refractivity contribution in [1.82, 2.24) is 4.90 Å². The van der Waals surface area contributed by atoms with Crippen molar-refractivity contribution in [1.29, 1.82) is 0 Å². The lowest BCUT2D eigenvalue weighted by molar-refractivity contribution is -0.137. The fraction of sp³-hybridized carbons (Fsp3) is 0.591. The standard InChI is InChI=1S/C17H19NO3.C5H10O2.H2O4S/c1-18-7-6-17-10-3-5-13(20)16(17)21-15-12(19)4-2-9(14(15)17)8-11(10)18;1-2-3-4-5(6)7;1-5(2,3)4/h2-5,10-11,13,16,19-20H,6-8H2,1H3;2-4H2,1H3,(H,6,7);(H2,1,2,3,4)/t10-,11+,13-,16-,17-;;/m0../s1. The van der Waals surface area contributed by atoms with Gasteiger partial charge < -0.3 is 25.0 Å². The first-order valence-electron chi connectivity index (χ1n) is 10.9. The topological polar surface area (TPSA) is 165 Å². The molecule has 0 unspecified atom stereocenters. The van der Waals surface area contributed by atoms with Crippen LogP contribution in [0.1, 0.15) is 43.7 Å². The average Bonchev–Trinajstić information content (AvgIpc) is 3.07. The fourth-order valence-corrected chi connectivity index (χ4v) is 5.57. The number of hydrogen-bond donors (Lipinski definition) is 5. The van der Waals surface area contributed by atoms with Crippen molar-refractivity contribution in [3.63, 3.8) is 0 Å². The van der Waals surface area contributed by atoms with Gasteiger partial charge in [0.2, 0.25) is 0 Å². The largest absolute Gasteiger partial charge is 0.504 e. The van der Waals surface area contributed by atoms with Crippen LogP contribution in [0.2, 0.25) is 0 Å². The van der Waals surface area contributed by atoms with Gasteiger partial charge in [-0.15, -0.1) is 0 Å². The van der Waals surface area contributed by atoms with Crippen LogP contribution in [0, 0.1) is 5.92 Å². The summed E-state index contributed by atoms with van der Waals surface area (Å²) in [5, 5.41) is 28.7.